The van der Waals surface area contributed by atoms with Crippen molar-refractivity contribution < 1.29 is 17.7 Å². The molecule has 0 unspecified atom stereocenters. The Morgan fingerprint density at radius 2 is 1.78 bits per heavy atom. The van der Waals surface area contributed by atoms with Crippen molar-refractivity contribution in [1.82, 2.24) is 0 Å². The van der Waals surface area contributed by atoms with E-state index in [1.54, 1.807) is 13.8 Å². The number of nitro benzene ring substituents is 1. The van der Waals surface area contributed by atoms with Gasteiger partial charge in [0, 0.05) is 18.7 Å². The zero-order valence-corrected chi connectivity index (χ0v) is 13.4. The summed E-state index contributed by atoms with van der Waals surface area (Å²) < 4.78 is 39.6. The Kier molecular flexibility index (Phi) is 4.65. The van der Waals surface area contributed by atoms with Crippen molar-refractivity contribution in [3.05, 3.63) is 64.0 Å². The molecular formula is C15H15FN2O4S. The molecule has 8 heteroatoms. The van der Waals surface area contributed by atoms with Gasteiger partial charge in [-0.25, -0.2) is 12.8 Å². The molecule has 0 aliphatic carbocycles. The molecule has 2 aromatic rings. The summed E-state index contributed by atoms with van der Waals surface area (Å²) in [6.45, 7) is 3.38. The summed E-state index contributed by atoms with van der Waals surface area (Å²) in [6.07, 6.45) is 0. The van der Waals surface area contributed by atoms with Gasteiger partial charge < -0.3 is 0 Å². The lowest BCUT2D eigenvalue weighted by Crippen LogP contribution is -2.31. The summed E-state index contributed by atoms with van der Waals surface area (Å²) in [7, 11) is -3.94. The van der Waals surface area contributed by atoms with E-state index in [2.05, 4.69) is 0 Å². The Labute approximate surface area is 133 Å². The first-order chi connectivity index (χ1) is 10.8. The molecule has 0 amide bonds. The van der Waals surface area contributed by atoms with Crippen molar-refractivity contribution in [3.8, 4) is 0 Å². The van der Waals surface area contributed by atoms with Crippen molar-refractivity contribution in [2.24, 2.45) is 0 Å². The largest absolute Gasteiger partial charge is 0.271 e. The highest BCUT2D eigenvalue weighted by atomic mass is 32.2. The fourth-order valence-electron chi connectivity index (χ4n) is 2.18. The standard InChI is InChI=1S/C15H15FN2O4S/c1-3-17(15-10-13(18(19)20)7-4-11(15)2)23(21,22)14-8-5-12(16)6-9-14/h4-10H,3H2,1-2H3. The van der Waals surface area contributed by atoms with Gasteiger partial charge in [0.05, 0.1) is 15.5 Å². The van der Waals surface area contributed by atoms with Crippen LogP contribution in [0.5, 0.6) is 0 Å². The van der Waals surface area contributed by atoms with Gasteiger partial charge in [0.15, 0.2) is 0 Å². The van der Waals surface area contributed by atoms with Crippen molar-refractivity contribution in [1.29, 1.82) is 0 Å². The van der Waals surface area contributed by atoms with Gasteiger partial charge in [-0.05, 0) is 43.7 Å². The number of hydrogen-bond acceptors (Lipinski definition) is 4. The van der Waals surface area contributed by atoms with Crippen LogP contribution in [0, 0.1) is 22.9 Å². The lowest BCUT2D eigenvalue weighted by atomic mass is 10.2. The highest BCUT2D eigenvalue weighted by molar-refractivity contribution is 7.92. The molecule has 6 nitrogen and oxygen atoms in total. The molecule has 0 saturated carbocycles. The molecule has 0 radical (unpaired) electrons. The number of sulfonamides is 1. The summed E-state index contributed by atoms with van der Waals surface area (Å²) in [5, 5.41) is 10.9. The Hall–Kier alpha value is -2.48. The second-order valence-electron chi connectivity index (χ2n) is 4.85. The van der Waals surface area contributed by atoms with Gasteiger partial charge in [-0.3, -0.25) is 14.4 Å². The first kappa shape index (κ1) is 16.9. The van der Waals surface area contributed by atoms with Gasteiger partial charge in [-0.2, -0.15) is 0 Å². The van der Waals surface area contributed by atoms with E-state index in [0.717, 1.165) is 16.4 Å². The van der Waals surface area contributed by atoms with E-state index >= 15 is 0 Å². The average molecular weight is 338 g/mol. The Balaban J connectivity index is 2.57. The van der Waals surface area contributed by atoms with Crippen LogP contribution in [0.3, 0.4) is 0 Å². The van der Waals surface area contributed by atoms with Crippen LogP contribution in [-0.4, -0.2) is 19.9 Å². The van der Waals surface area contributed by atoms with Crippen molar-refractivity contribution in [2.75, 3.05) is 10.8 Å². The lowest BCUT2D eigenvalue weighted by Gasteiger charge is -2.24. The van der Waals surface area contributed by atoms with Crippen LogP contribution in [0.2, 0.25) is 0 Å². The molecule has 0 saturated heterocycles. The molecule has 0 N–H and O–H groups in total. The van der Waals surface area contributed by atoms with E-state index in [0.29, 0.717) is 5.56 Å². The van der Waals surface area contributed by atoms with Crippen LogP contribution < -0.4 is 4.31 Å². The lowest BCUT2D eigenvalue weighted by molar-refractivity contribution is -0.384. The molecule has 0 heterocycles. The molecule has 2 rings (SSSR count). The predicted molar refractivity (Wildman–Crippen MR) is 84.4 cm³/mol. The zero-order valence-electron chi connectivity index (χ0n) is 12.6. The maximum Gasteiger partial charge on any atom is 0.271 e. The summed E-state index contributed by atoms with van der Waals surface area (Å²) in [5.74, 6) is -0.543. The molecule has 23 heavy (non-hydrogen) atoms. The minimum atomic E-state index is -3.94. The highest BCUT2D eigenvalue weighted by Gasteiger charge is 2.26. The first-order valence-corrected chi connectivity index (χ1v) is 8.24. The maximum atomic E-state index is 13.0. The maximum absolute atomic E-state index is 13.0. The van der Waals surface area contributed by atoms with Crippen molar-refractivity contribution in [2.45, 2.75) is 18.7 Å². The summed E-state index contributed by atoms with van der Waals surface area (Å²) in [4.78, 5) is 10.3. The highest BCUT2D eigenvalue weighted by Crippen LogP contribution is 2.30. The van der Waals surface area contributed by atoms with Gasteiger partial charge in [0.25, 0.3) is 15.7 Å². The molecule has 0 aliphatic rings. The summed E-state index contributed by atoms with van der Waals surface area (Å²) >= 11 is 0. The molecule has 0 fully saturated rings. The summed E-state index contributed by atoms with van der Waals surface area (Å²) in [5.41, 5.74) is 0.618. The van der Waals surface area contributed by atoms with Crippen molar-refractivity contribution >= 4 is 21.4 Å². The average Bonchev–Trinajstić information content (AvgIpc) is 2.49. The second kappa shape index (κ2) is 6.33. The van der Waals surface area contributed by atoms with E-state index in [-0.39, 0.29) is 22.8 Å². The molecular weight excluding hydrogens is 323 g/mol. The number of rotatable bonds is 5. The van der Waals surface area contributed by atoms with Gasteiger partial charge in [-0.15, -0.1) is 0 Å². The van der Waals surface area contributed by atoms with Gasteiger partial charge in [-0.1, -0.05) is 6.07 Å². The molecule has 0 bridgehead atoms. The Morgan fingerprint density at radius 1 is 1.17 bits per heavy atom. The molecule has 0 atom stereocenters. The minimum absolute atomic E-state index is 0.0772. The number of aryl methyl sites for hydroxylation is 1. The van der Waals surface area contributed by atoms with Crippen LogP contribution in [0.25, 0.3) is 0 Å². The van der Waals surface area contributed by atoms with E-state index in [1.165, 1.54) is 30.3 Å². The predicted octanol–water partition coefficient (Wildman–Crippen LogP) is 3.26. The number of nitrogens with zero attached hydrogens (tertiary/aromatic N) is 2. The topological polar surface area (TPSA) is 80.5 Å². The van der Waals surface area contributed by atoms with Crippen LogP contribution >= 0.6 is 0 Å². The smallest absolute Gasteiger partial charge is 0.266 e. The fourth-order valence-corrected chi connectivity index (χ4v) is 3.71. The quantitative estimate of drug-likeness (QED) is 0.619. The van der Waals surface area contributed by atoms with Gasteiger partial charge >= 0.3 is 0 Å². The normalized spacial score (nSPS) is 11.3. The Morgan fingerprint density at radius 3 is 2.30 bits per heavy atom. The SMILES string of the molecule is CCN(c1cc([N+](=O)[O-])ccc1C)S(=O)(=O)c1ccc(F)cc1. The van der Waals surface area contributed by atoms with E-state index in [4.69, 9.17) is 0 Å². The second-order valence-corrected chi connectivity index (χ2v) is 6.71. The van der Waals surface area contributed by atoms with Crippen LogP contribution in [0.1, 0.15) is 12.5 Å². The zero-order chi connectivity index (χ0) is 17.2. The monoisotopic (exact) mass is 338 g/mol. The third-order valence-corrected chi connectivity index (χ3v) is 5.26. The molecule has 0 spiro atoms. The van der Waals surface area contributed by atoms with Crippen molar-refractivity contribution in [3.63, 3.8) is 0 Å². The summed E-state index contributed by atoms with van der Waals surface area (Å²) in [6, 6.07) is 8.48. The number of anilines is 1. The van der Waals surface area contributed by atoms with E-state index in [9.17, 15) is 22.9 Å². The van der Waals surface area contributed by atoms with Crippen LogP contribution in [0.4, 0.5) is 15.8 Å². The third-order valence-electron chi connectivity index (χ3n) is 3.36. The number of non-ortho nitro benzene ring substituents is 1. The molecule has 0 aliphatic heterocycles. The first-order valence-electron chi connectivity index (χ1n) is 6.80. The number of hydrogen-bond donors (Lipinski definition) is 0. The fraction of sp³-hybridized carbons (Fsp3) is 0.200. The minimum Gasteiger partial charge on any atom is -0.266 e. The van der Waals surface area contributed by atoms with E-state index < -0.39 is 20.8 Å². The molecule has 2 aromatic carbocycles. The van der Waals surface area contributed by atoms with Gasteiger partial charge in [0.2, 0.25) is 0 Å². The molecule has 0 aromatic heterocycles. The number of halogens is 1. The Bertz CT molecular complexity index is 835. The number of benzene rings is 2. The number of nitro groups is 1. The third kappa shape index (κ3) is 3.31. The molecule has 122 valence electrons. The van der Waals surface area contributed by atoms with Crippen LogP contribution in [0.15, 0.2) is 47.4 Å². The van der Waals surface area contributed by atoms with Gasteiger partial charge in [0.1, 0.15) is 5.82 Å². The van der Waals surface area contributed by atoms with E-state index in [1.807, 2.05) is 0 Å². The van der Waals surface area contributed by atoms with Crippen LogP contribution in [-0.2, 0) is 10.0 Å².